The van der Waals surface area contributed by atoms with Gasteiger partial charge in [-0.2, -0.15) is 0 Å². The number of hydrogen-bond donors (Lipinski definition) is 1. The summed E-state index contributed by atoms with van der Waals surface area (Å²) >= 11 is 0. The Morgan fingerprint density at radius 1 is 1.19 bits per heavy atom. The fraction of sp³-hybridized carbons (Fsp3) is 0.556. The summed E-state index contributed by atoms with van der Waals surface area (Å²) in [5.41, 5.74) is 1.24. The average molecular weight is 289 g/mol. The van der Waals surface area contributed by atoms with Gasteiger partial charge in [-0.05, 0) is 43.2 Å². The quantitative estimate of drug-likeness (QED) is 0.691. The third-order valence-corrected chi connectivity index (χ3v) is 3.60. The summed E-state index contributed by atoms with van der Waals surface area (Å²) in [4.78, 5) is 0. The number of benzene rings is 1. The first-order valence-corrected chi connectivity index (χ1v) is 8.14. The lowest BCUT2D eigenvalue weighted by Crippen LogP contribution is -2.24. The van der Waals surface area contributed by atoms with E-state index in [1.54, 1.807) is 0 Å². The van der Waals surface area contributed by atoms with E-state index in [1.807, 2.05) is 0 Å². The van der Waals surface area contributed by atoms with E-state index in [1.165, 1.54) is 5.56 Å². The highest BCUT2D eigenvalue weighted by Crippen LogP contribution is 2.27. The summed E-state index contributed by atoms with van der Waals surface area (Å²) in [5.74, 6) is 2.01. The van der Waals surface area contributed by atoms with Gasteiger partial charge in [-0.25, -0.2) is 0 Å². The third-order valence-electron chi connectivity index (χ3n) is 3.60. The minimum atomic E-state index is 0.164. The van der Waals surface area contributed by atoms with E-state index in [-0.39, 0.29) is 6.04 Å². The van der Waals surface area contributed by atoms with Crippen molar-refractivity contribution in [1.82, 2.24) is 5.32 Å². The number of rotatable bonds is 9. The van der Waals surface area contributed by atoms with Crippen LogP contribution in [0.5, 0.6) is 5.75 Å². The molecule has 3 nitrogen and oxygen atoms in total. The number of hydrogen-bond acceptors (Lipinski definition) is 3. The van der Waals surface area contributed by atoms with Crippen molar-refractivity contribution in [3.63, 3.8) is 0 Å². The van der Waals surface area contributed by atoms with Gasteiger partial charge in [0.05, 0.1) is 19.3 Å². The second kappa shape index (κ2) is 8.73. The Labute approximate surface area is 128 Å². The molecule has 21 heavy (non-hydrogen) atoms. The highest BCUT2D eigenvalue weighted by Gasteiger charge is 2.20. The van der Waals surface area contributed by atoms with Crippen LogP contribution in [-0.4, -0.2) is 19.8 Å². The molecule has 1 N–H and O–H groups in total. The minimum absolute atomic E-state index is 0.164. The molecule has 0 spiro atoms. The van der Waals surface area contributed by atoms with E-state index in [0.29, 0.717) is 0 Å². The topological polar surface area (TPSA) is 30.5 Å². The van der Waals surface area contributed by atoms with Gasteiger partial charge >= 0.3 is 0 Å². The van der Waals surface area contributed by atoms with Gasteiger partial charge < -0.3 is 14.8 Å². The average Bonchev–Trinajstić information content (AvgIpc) is 3.03. The van der Waals surface area contributed by atoms with E-state index < -0.39 is 0 Å². The molecule has 1 aliphatic heterocycles. The van der Waals surface area contributed by atoms with Crippen LogP contribution < -0.4 is 10.1 Å². The molecule has 3 heteroatoms. The zero-order chi connectivity index (χ0) is 14.9. The minimum Gasteiger partial charge on any atom is -0.496 e. The first-order valence-electron chi connectivity index (χ1n) is 8.14. The summed E-state index contributed by atoms with van der Waals surface area (Å²) in [7, 11) is 0. The molecule has 0 bridgehead atoms. The molecule has 1 heterocycles. The second-order valence-corrected chi connectivity index (χ2v) is 5.40. The van der Waals surface area contributed by atoms with Crippen LogP contribution in [0.3, 0.4) is 0 Å². The Hall–Kier alpha value is -1.48. The molecule has 0 aromatic heterocycles. The Bertz CT molecular complexity index is 439. The van der Waals surface area contributed by atoms with E-state index in [4.69, 9.17) is 9.47 Å². The fourth-order valence-electron chi connectivity index (χ4n) is 2.40. The summed E-state index contributed by atoms with van der Waals surface area (Å²) < 4.78 is 11.5. The molecule has 0 fully saturated rings. The van der Waals surface area contributed by atoms with Crippen molar-refractivity contribution >= 4 is 0 Å². The Morgan fingerprint density at radius 2 is 2.00 bits per heavy atom. The van der Waals surface area contributed by atoms with Crippen molar-refractivity contribution in [1.29, 1.82) is 0 Å². The predicted octanol–water partition coefficient (Wildman–Crippen LogP) is 4.21. The van der Waals surface area contributed by atoms with E-state index in [0.717, 1.165) is 57.0 Å². The Kier molecular flexibility index (Phi) is 6.61. The van der Waals surface area contributed by atoms with Gasteiger partial charge in [-0.15, -0.1) is 0 Å². The van der Waals surface area contributed by atoms with E-state index in [2.05, 4.69) is 49.5 Å². The fourth-order valence-corrected chi connectivity index (χ4v) is 2.40. The SMILES string of the molecule is CCCCOc1ccc(C(NCCC)C2=CCCO2)cc1. The zero-order valence-electron chi connectivity index (χ0n) is 13.2. The van der Waals surface area contributed by atoms with Gasteiger partial charge in [-0.1, -0.05) is 32.4 Å². The van der Waals surface area contributed by atoms with Crippen molar-refractivity contribution in [2.45, 2.75) is 45.6 Å². The van der Waals surface area contributed by atoms with Crippen LogP contribution in [0.15, 0.2) is 36.1 Å². The summed E-state index contributed by atoms with van der Waals surface area (Å²) in [6, 6.07) is 8.55. The Morgan fingerprint density at radius 3 is 2.62 bits per heavy atom. The molecular formula is C18H27NO2. The molecule has 0 radical (unpaired) electrons. The summed E-state index contributed by atoms with van der Waals surface area (Å²) in [6.45, 7) is 6.93. The predicted molar refractivity (Wildman–Crippen MR) is 86.5 cm³/mol. The normalized spacial score (nSPS) is 15.4. The van der Waals surface area contributed by atoms with Crippen molar-refractivity contribution in [2.24, 2.45) is 0 Å². The van der Waals surface area contributed by atoms with Crippen molar-refractivity contribution in [3.8, 4) is 5.75 Å². The highest BCUT2D eigenvalue weighted by atomic mass is 16.5. The standard InChI is InChI=1S/C18H27NO2/c1-3-5-13-20-16-10-8-15(9-11-16)18(19-12-4-2)17-7-6-14-21-17/h7-11,18-19H,3-6,12-14H2,1-2H3. The lowest BCUT2D eigenvalue weighted by atomic mass is 10.0. The van der Waals surface area contributed by atoms with Gasteiger partial charge in [-0.3, -0.25) is 0 Å². The Balaban J connectivity index is 2.01. The van der Waals surface area contributed by atoms with Crippen LogP contribution >= 0.6 is 0 Å². The van der Waals surface area contributed by atoms with Crippen molar-refractivity contribution in [3.05, 3.63) is 41.7 Å². The molecule has 1 unspecified atom stereocenters. The van der Waals surface area contributed by atoms with Crippen molar-refractivity contribution in [2.75, 3.05) is 19.8 Å². The maximum absolute atomic E-state index is 5.74. The zero-order valence-corrected chi connectivity index (χ0v) is 13.2. The van der Waals surface area contributed by atoms with Gasteiger partial charge in [0.25, 0.3) is 0 Å². The van der Waals surface area contributed by atoms with Gasteiger partial charge in [0.15, 0.2) is 0 Å². The molecule has 2 rings (SSSR count). The van der Waals surface area contributed by atoms with Crippen LogP contribution in [0, 0.1) is 0 Å². The van der Waals surface area contributed by atoms with Crippen LogP contribution in [0.25, 0.3) is 0 Å². The van der Waals surface area contributed by atoms with E-state index in [9.17, 15) is 0 Å². The van der Waals surface area contributed by atoms with Crippen LogP contribution in [0.1, 0.15) is 51.1 Å². The molecule has 0 aliphatic carbocycles. The molecule has 0 amide bonds. The largest absolute Gasteiger partial charge is 0.496 e. The maximum Gasteiger partial charge on any atom is 0.119 e. The first kappa shape index (κ1) is 15.9. The van der Waals surface area contributed by atoms with E-state index >= 15 is 0 Å². The van der Waals surface area contributed by atoms with Crippen LogP contribution in [0.4, 0.5) is 0 Å². The number of ether oxygens (including phenoxy) is 2. The molecule has 0 saturated heterocycles. The lowest BCUT2D eigenvalue weighted by molar-refractivity contribution is 0.215. The maximum atomic E-state index is 5.74. The van der Waals surface area contributed by atoms with Crippen LogP contribution in [0.2, 0.25) is 0 Å². The third kappa shape index (κ3) is 4.78. The molecule has 1 atom stereocenters. The second-order valence-electron chi connectivity index (χ2n) is 5.40. The molecular weight excluding hydrogens is 262 g/mol. The highest BCUT2D eigenvalue weighted by molar-refractivity contribution is 5.33. The van der Waals surface area contributed by atoms with Gasteiger partial charge in [0, 0.05) is 6.42 Å². The smallest absolute Gasteiger partial charge is 0.119 e. The van der Waals surface area contributed by atoms with Crippen molar-refractivity contribution < 1.29 is 9.47 Å². The monoisotopic (exact) mass is 289 g/mol. The molecule has 1 aliphatic rings. The lowest BCUT2D eigenvalue weighted by Gasteiger charge is -2.20. The first-order chi connectivity index (χ1) is 10.3. The van der Waals surface area contributed by atoms with Crippen LogP contribution in [-0.2, 0) is 4.74 Å². The molecule has 0 saturated carbocycles. The number of unbranched alkanes of at least 4 members (excludes halogenated alkanes) is 1. The molecule has 116 valence electrons. The summed E-state index contributed by atoms with van der Waals surface area (Å²) in [5, 5.41) is 3.57. The van der Waals surface area contributed by atoms with Gasteiger partial charge in [0.1, 0.15) is 11.5 Å². The summed E-state index contributed by atoms with van der Waals surface area (Å²) in [6.07, 6.45) is 6.58. The number of nitrogens with one attached hydrogen (secondary N) is 1. The molecule has 1 aromatic rings. The van der Waals surface area contributed by atoms with Gasteiger partial charge in [0.2, 0.25) is 0 Å². The molecule has 1 aromatic carbocycles.